The average Bonchev–Trinajstić information content (AvgIpc) is 2.80. The second-order valence-electron chi connectivity index (χ2n) is 8.50. The van der Waals surface area contributed by atoms with Crippen LogP contribution in [0.2, 0.25) is 0 Å². The van der Waals surface area contributed by atoms with Gasteiger partial charge in [0.25, 0.3) is 0 Å². The zero-order valence-corrected chi connectivity index (χ0v) is 18.5. The summed E-state index contributed by atoms with van der Waals surface area (Å²) >= 11 is 0. The molecule has 3 aromatic rings. The standard InChI is InChI=1S/C27H29NO4/c1-17-3-4-22(13-18(17)2)25(29)16-28-15-24-11-9-23-14-21(10-12-26(23)32-24)19-5-7-20(8-6-19)27(30)31/h3-8,10,12-14,24-25,28-29H,9,11,15-16H2,1-2H3,(H,30,31)/t24-,25?/m1/s1. The first-order valence-electron chi connectivity index (χ1n) is 11.0. The summed E-state index contributed by atoms with van der Waals surface area (Å²) in [6, 6.07) is 19.1. The van der Waals surface area contributed by atoms with E-state index in [0.29, 0.717) is 13.1 Å². The maximum absolute atomic E-state index is 11.0. The molecule has 1 aliphatic heterocycles. The first-order valence-corrected chi connectivity index (χ1v) is 11.0. The van der Waals surface area contributed by atoms with Gasteiger partial charge in [-0.15, -0.1) is 0 Å². The molecule has 5 heteroatoms. The summed E-state index contributed by atoms with van der Waals surface area (Å²) in [5, 5.41) is 22.9. The van der Waals surface area contributed by atoms with E-state index < -0.39 is 12.1 Å². The van der Waals surface area contributed by atoms with E-state index in [1.165, 1.54) is 11.1 Å². The highest BCUT2D eigenvalue weighted by Gasteiger charge is 2.20. The number of carboxylic acids is 1. The highest BCUT2D eigenvalue weighted by atomic mass is 16.5. The molecule has 3 N–H and O–H groups in total. The third-order valence-corrected chi connectivity index (χ3v) is 6.18. The number of fused-ring (bicyclic) bond motifs is 1. The minimum atomic E-state index is -0.920. The molecule has 32 heavy (non-hydrogen) atoms. The largest absolute Gasteiger partial charge is 0.489 e. The predicted octanol–water partition coefficient (Wildman–Crippen LogP) is 4.69. The second kappa shape index (κ2) is 9.55. The number of nitrogens with one attached hydrogen (secondary N) is 1. The van der Waals surface area contributed by atoms with Crippen LogP contribution in [0, 0.1) is 13.8 Å². The Bertz CT molecular complexity index is 1110. The van der Waals surface area contributed by atoms with Crippen LogP contribution in [-0.4, -0.2) is 35.4 Å². The van der Waals surface area contributed by atoms with Crippen LogP contribution in [-0.2, 0) is 6.42 Å². The van der Waals surface area contributed by atoms with Crippen LogP contribution in [0.4, 0.5) is 0 Å². The molecule has 4 rings (SSSR count). The molecule has 0 aromatic heterocycles. The molecule has 0 saturated heterocycles. The number of aryl methyl sites for hydroxylation is 3. The molecule has 1 heterocycles. The molecule has 0 amide bonds. The molecule has 0 radical (unpaired) electrons. The van der Waals surface area contributed by atoms with Crippen molar-refractivity contribution in [2.45, 2.75) is 38.9 Å². The molecule has 0 spiro atoms. The number of rotatable bonds is 7. The number of hydrogen-bond donors (Lipinski definition) is 3. The Morgan fingerprint density at radius 2 is 1.78 bits per heavy atom. The Hall–Kier alpha value is -3.15. The van der Waals surface area contributed by atoms with Crippen LogP contribution in [0.1, 0.15) is 45.1 Å². The van der Waals surface area contributed by atoms with Crippen molar-refractivity contribution in [2.75, 3.05) is 13.1 Å². The van der Waals surface area contributed by atoms with Crippen molar-refractivity contribution in [3.8, 4) is 16.9 Å². The number of aromatic carboxylic acids is 1. The molecule has 0 aliphatic carbocycles. The number of aliphatic hydroxyl groups is 1. The molecule has 0 fully saturated rings. The van der Waals surface area contributed by atoms with Gasteiger partial charge in [-0.05, 0) is 84.3 Å². The van der Waals surface area contributed by atoms with E-state index in [9.17, 15) is 9.90 Å². The van der Waals surface area contributed by atoms with Crippen LogP contribution in [0.15, 0.2) is 60.7 Å². The number of carboxylic acid groups (broad SMARTS) is 1. The molecular formula is C27H29NO4. The van der Waals surface area contributed by atoms with Gasteiger partial charge in [-0.1, -0.05) is 36.4 Å². The normalized spacial score (nSPS) is 16.2. The van der Waals surface area contributed by atoms with Gasteiger partial charge in [0.05, 0.1) is 11.7 Å². The van der Waals surface area contributed by atoms with Crippen LogP contribution < -0.4 is 10.1 Å². The number of aliphatic hydroxyl groups excluding tert-OH is 1. The Labute approximate surface area is 188 Å². The number of hydrogen-bond acceptors (Lipinski definition) is 4. The van der Waals surface area contributed by atoms with Crippen LogP contribution in [0.5, 0.6) is 5.75 Å². The second-order valence-corrected chi connectivity index (χ2v) is 8.50. The number of ether oxygens (including phenoxy) is 1. The highest BCUT2D eigenvalue weighted by Crippen LogP contribution is 2.32. The van der Waals surface area contributed by atoms with E-state index in [1.807, 2.05) is 42.5 Å². The van der Waals surface area contributed by atoms with Gasteiger partial charge >= 0.3 is 5.97 Å². The van der Waals surface area contributed by atoms with Gasteiger partial charge in [-0.2, -0.15) is 0 Å². The lowest BCUT2D eigenvalue weighted by Crippen LogP contribution is -2.36. The minimum Gasteiger partial charge on any atom is -0.489 e. The maximum atomic E-state index is 11.0. The van der Waals surface area contributed by atoms with Crippen molar-refractivity contribution < 1.29 is 19.7 Å². The molecular weight excluding hydrogens is 402 g/mol. The fourth-order valence-electron chi connectivity index (χ4n) is 4.04. The molecule has 1 aliphatic rings. The third-order valence-electron chi connectivity index (χ3n) is 6.18. The fraction of sp³-hybridized carbons (Fsp3) is 0.296. The summed E-state index contributed by atoms with van der Waals surface area (Å²) in [4.78, 5) is 11.0. The van der Waals surface area contributed by atoms with E-state index in [-0.39, 0.29) is 11.7 Å². The van der Waals surface area contributed by atoms with E-state index in [4.69, 9.17) is 9.84 Å². The van der Waals surface area contributed by atoms with Gasteiger partial charge in [0.1, 0.15) is 11.9 Å². The van der Waals surface area contributed by atoms with E-state index in [2.05, 4.69) is 25.2 Å². The van der Waals surface area contributed by atoms with Crippen LogP contribution >= 0.6 is 0 Å². The third kappa shape index (κ3) is 5.01. The van der Waals surface area contributed by atoms with E-state index >= 15 is 0 Å². The van der Waals surface area contributed by atoms with Crippen molar-refractivity contribution in [3.63, 3.8) is 0 Å². The zero-order valence-electron chi connectivity index (χ0n) is 18.5. The lowest BCUT2D eigenvalue weighted by atomic mass is 9.96. The quantitative estimate of drug-likeness (QED) is 0.506. The Morgan fingerprint density at radius 3 is 2.50 bits per heavy atom. The molecule has 3 aromatic carbocycles. The zero-order chi connectivity index (χ0) is 22.7. The molecule has 1 unspecified atom stereocenters. The summed E-state index contributed by atoms with van der Waals surface area (Å²) < 4.78 is 6.17. The Morgan fingerprint density at radius 1 is 1.03 bits per heavy atom. The van der Waals surface area contributed by atoms with Gasteiger partial charge < -0.3 is 20.3 Å². The summed E-state index contributed by atoms with van der Waals surface area (Å²) in [5.74, 6) is -0.0276. The molecule has 2 atom stereocenters. The number of benzene rings is 3. The topological polar surface area (TPSA) is 78.8 Å². The van der Waals surface area contributed by atoms with Crippen molar-refractivity contribution in [1.29, 1.82) is 0 Å². The summed E-state index contributed by atoms with van der Waals surface area (Å²) in [6.07, 6.45) is 1.35. The first-order chi connectivity index (χ1) is 15.4. The Kier molecular flexibility index (Phi) is 6.58. The van der Waals surface area contributed by atoms with Crippen LogP contribution in [0.3, 0.4) is 0 Å². The molecule has 5 nitrogen and oxygen atoms in total. The summed E-state index contributed by atoms with van der Waals surface area (Å²) in [6.45, 7) is 5.29. The fourth-order valence-corrected chi connectivity index (χ4v) is 4.04. The predicted molar refractivity (Wildman–Crippen MR) is 125 cm³/mol. The molecule has 0 saturated carbocycles. The van der Waals surface area contributed by atoms with Gasteiger partial charge in [-0.3, -0.25) is 0 Å². The van der Waals surface area contributed by atoms with E-state index in [1.54, 1.807) is 12.1 Å². The van der Waals surface area contributed by atoms with Crippen LogP contribution in [0.25, 0.3) is 11.1 Å². The SMILES string of the molecule is Cc1ccc(C(O)CNC[C@H]2CCc3cc(-c4ccc(C(=O)O)cc4)ccc3O2)cc1C. The summed E-state index contributed by atoms with van der Waals surface area (Å²) in [7, 11) is 0. The van der Waals surface area contributed by atoms with Crippen molar-refractivity contribution in [3.05, 3.63) is 88.5 Å². The number of carbonyl (C=O) groups is 1. The summed E-state index contributed by atoms with van der Waals surface area (Å²) in [5.41, 5.74) is 6.83. The lowest BCUT2D eigenvalue weighted by Gasteiger charge is -2.27. The van der Waals surface area contributed by atoms with Gasteiger partial charge in [0.15, 0.2) is 0 Å². The molecule has 166 valence electrons. The van der Waals surface area contributed by atoms with Gasteiger partial charge in [0, 0.05) is 13.1 Å². The average molecular weight is 432 g/mol. The van der Waals surface area contributed by atoms with Gasteiger partial charge in [-0.25, -0.2) is 4.79 Å². The molecule has 0 bridgehead atoms. The minimum absolute atomic E-state index is 0.0650. The maximum Gasteiger partial charge on any atom is 0.335 e. The lowest BCUT2D eigenvalue weighted by molar-refractivity contribution is 0.0697. The highest BCUT2D eigenvalue weighted by molar-refractivity contribution is 5.88. The monoisotopic (exact) mass is 431 g/mol. The van der Waals surface area contributed by atoms with E-state index in [0.717, 1.165) is 40.8 Å². The first kappa shape index (κ1) is 22.1. The van der Waals surface area contributed by atoms with Crippen molar-refractivity contribution in [2.24, 2.45) is 0 Å². The van der Waals surface area contributed by atoms with Crippen molar-refractivity contribution in [1.82, 2.24) is 5.32 Å². The van der Waals surface area contributed by atoms with Crippen molar-refractivity contribution >= 4 is 5.97 Å². The smallest absolute Gasteiger partial charge is 0.335 e. The van der Waals surface area contributed by atoms with Gasteiger partial charge in [0.2, 0.25) is 0 Å². The Balaban J connectivity index is 1.32.